The van der Waals surface area contributed by atoms with Gasteiger partial charge in [0.15, 0.2) is 0 Å². The summed E-state index contributed by atoms with van der Waals surface area (Å²) >= 11 is 0. The van der Waals surface area contributed by atoms with Crippen molar-refractivity contribution in [2.24, 2.45) is 0 Å². The monoisotopic (exact) mass is 208 g/mol. The first-order chi connectivity index (χ1) is 7.20. The smallest absolute Gasteiger partial charge is 0.222 e. The van der Waals surface area contributed by atoms with Gasteiger partial charge >= 0.3 is 0 Å². The van der Waals surface area contributed by atoms with Crippen molar-refractivity contribution in [2.45, 2.75) is 6.61 Å². The van der Waals surface area contributed by atoms with E-state index in [0.717, 1.165) is 0 Å². The van der Waals surface area contributed by atoms with Gasteiger partial charge in [-0.1, -0.05) is 5.16 Å². The highest BCUT2D eigenvalue weighted by molar-refractivity contribution is 5.61. The number of rotatable bonds is 2. The topological polar surface area (TPSA) is 72.3 Å². The maximum atomic E-state index is 13.1. The predicted octanol–water partition coefficient (Wildman–Crippen LogP) is 1.56. The Balaban J connectivity index is 2.45. The molecular formula is C10H9FN2O2. The molecule has 15 heavy (non-hydrogen) atoms. The van der Waals surface area contributed by atoms with Crippen LogP contribution in [0.1, 0.15) is 5.56 Å². The summed E-state index contributed by atoms with van der Waals surface area (Å²) in [7, 11) is 0. The zero-order valence-electron chi connectivity index (χ0n) is 7.77. The van der Waals surface area contributed by atoms with E-state index in [1.165, 1.54) is 18.2 Å². The van der Waals surface area contributed by atoms with Crippen molar-refractivity contribution in [3.63, 3.8) is 0 Å². The van der Waals surface area contributed by atoms with Crippen LogP contribution in [0.3, 0.4) is 0 Å². The molecule has 0 fully saturated rings. The molecule has 0 bridgehead atoms. The number of halogens is 1. The Kier molecular flexibility index (Phi) is 2.39. The van der Waals surface area contributed by atoms with Crippen LogP contribution in [-0.2, 0) is 6.61 Å². The van der Waals surface area contributed by atoms with Crippen LogP contribution in [0, 0.1) is 5.82 Å². The lowest BCUT2D eigenvalue weighted by Crippen LogP contribution is -1.90. The highest BCUT2D eigenvalue weighted by Gasteiger charge is 2.07. The Bertz CT molecular complexity index is 482. The molecule has 0 saturated heterocycles. The van der Waals surface area contributed by atoms with E-state index >= 15 is 0 Å². The van der Waals surface area contributed by atoms with Crippen LogP contribution in [0.15, 0.2) is 28.8 Å². The number of benzene rings is 1. The molecule has 0 saturated carbocycles. The number of aliphatic hydroxyl groups excluding tert-OH is 1. The molecular weight excluding hydrogens is 199 g/mol. The summed E-state index contributed by atoms with van der Waals surface area (Å²) < 4.78 is 17.8. The van der Waals surface area contributed by atoms with Gasteiger partial charge in [0.25, 0.3) is 0 Å². The molecule has 0 aliphatic rings. The molecule has 1 aromatic carbocycles. The Hall–Kier alpha value is -1.88. The third kappa shape index (κ3) is 1.82. The quantitative estimate of drug-likeness (QED) is 0.785. The van der Waals surface area contributed by atoms with Gasteiger partial charge in [0.05, 0.1) is 6.61 Å². The van der Waals surface area contributed by atoms with Gasteiger partial charge in [-0.15, -0.1) is 0 Å². The van der Waals surface area contributed by atoms with Crippen molar-refractivity contribution in [3.05, 3.63) is 35.6 Å². The molecule has 0 spiro atoms. The first kappa shape index (κ1) is 9.67. The largest absolute Gasteiger partial charge is 0.392 e. The summed E-state index contributed by atoms with van der Waals surface area (Å²) in [5, 5.41) is 12.6. The van der Waals surface area contributed by atoms with Gasteiger partial charge in [0.2, 0.25) is 5.88 Å². The highest BCUT2D eigenvalue weighted by atomic mass is 19.1. The summed E-state index contributed by atoms with van der Waals surface area (Å²) in [4.78, 5) is 0. The van der Waals surface area contributed by atoms with E-state index in [1.807, 2.05) is 0 Å². The molecule has 0 aliphatic heterocycles. The van der Waals surface area contributed by atoms with Crippen LogP contribution in [0.4, 0.5) is 10.3 Å². The maximum absolute atomic E-state index is 13.1. The van der Waals surface area contributed by atoms with Gasteiger partial charge in [-0.25, -0.2) is 4.39 Å². The number of aromatic nitrogens is 1. The van der Waals surface area contributed by atoms with E-state index in [0.29, 0.717) is 11.3 Å². The van der Waals surface area contributed by atoms with E-state index in [2.05, 4.69) is 5.16 Å². The van der Waals surface area contributed by atoms with E-state index in [9.17, 15) is 4.39 Å². The standard InChI is InChI=1S/C10H9FN2O2/c11-8-2-1-6(3-7(8)5-14)9-4-10(12)15-13-9/h1-4,14H,5,12H2. The number of nitrogen functional groups attached to an aromatic ring is 1. The summed E-state index contributed by atoms with van der Waals surface area (Å²) in [6.07, 6.45) is 0. The third-order valence-corrected chi connectivity index (χ3v) is 2.04. The lowest BCUT2D eigenvalue weighted by atomic mass is 10.1. The van der Waals surface area contributed by atoms with Crippen molar-refractivity contribution in [3.8, 4) is 11.3 Å². The Morgan fingerprint density at radius 2 is 2.20 bits per heavy atom. The zero-order chi connectivity index (χ0) is 10.8. The Labute approximate surface area is 85.1 Å². The molecule has 0 amide bonds. The fourth-order valence-corrected chi connectivity index (χ4v) is 1.28. The minimum Gasteiger partial charge on any atom is -0.392 e. The first-order valence-corrected chi connectivity index (χ1v) is 4.32. The fourth-order valence-electron chi connectivity index (χ4n) is 1.28. The first-order valence-electron chi connectivity index (χ1n) is 4.32. The molecule has 0 unspecified atom stereocenters. The van der Waals surface area contributed by atoms with E-state index in [4.69, 9.17) is 15.4 Å². The van der Waals surface area contributed by atoms with Crippen LogP contribution >= 0.6 is 0 Å². The van der Waals surface area contributed by atoms with Gasteiger partial charge in [-0.05, 0) is 18.2 Å². The van der Waals surface area contributed by atoms with Gasteiger partial charge in [-0.3, -0.25) is 0 Å². The summed E-state index contributed by atoms with van der Waals surface area (Å²) in [6.45, 7) is -0.354. The lowest BCUT2D eigenvalue weighted by molar-refractivity contribution is 0.276. The molecule has 1 aromatic heterocycles. The SMILES string of the molecule is Nc1cc(-c2ccc(F)c(CO)c2)no1. The molecule has 2 rings (SSSR count). The molecule has 3 N–H and O–H groups in total. The minimum atomic E-state index is -0.447. The molecule has 2 aromatic rings. The average Bonchev–Trinajstić information content (AvgIpc) is 2.66. The van der Waals surface area contributed by atoms with E-state index in [-0.39, 0.29) is 18.1 Å². The van der Waals surface area contributed by atoms with Crippen LogP contribution in [0.25, 0.3) is 11.3 Å². The van der Waals surface area contributed by atoms with Crippen LogP contribution in [-0.4, -0.2) is 10.3 Å². The predicted molar refractivity (Wildman–Crippen MR) is 52.2 cm³/mol. The van der Waals surface area contributed by atoms with E-state index < -0.39 is 5.82 Å². The Morgan fingerprint density at radius 1 is 1.40 bits per heavy atom. The summed E-state index contributed by atoms with van der Waals surface area (Å²) in [5.41, 5.74) is 6.75. The number of anilines is 1. The van der Waals surface area contributed by atoms with Gasteiger partial charge < -0.3 is 15.4 Å². The van der Waals surface area contributed by atoms with Crippen molar-refractivity contribution in [1.29, 1.82) is 0 Å². The van der Waals surface area contributed by atoms with Crippen LogP contribution in [0.2, 0.25) is 0 Å². The van der Waals surface area contributed by atoms with Crippen LogP contribution < -0.4 is 5.73 Å². The fraction of sp³-hybridized carbons (Fsp3) is 0.100. The van der Waals surface area contributed by atoms with Crippen molar-refractivity contribution in [1.82, 2.24) is 5.16 Å². The molecule has 4 nitrogen and oxygen atoms in total. The highest BCUT2D eigenvalue weighted by Crippen LogP contribution is 2.22. The second kappa shape index (κ2) is 3.70. The molecule has 0 radical (unpaired) electrons. The number of nitrogens with zero attached hydrogens (tertiary/aromatic N) is 1. The van der Waals surface area contributed by atoms with Gasteiger partial charge in [-0.2, -0.15) is 0 Å². The maximum Gasteiger partial charge on any atom is 0.222 e. The van der Waals surface area contributed by atoms with E-state index in [1.54, 1.807) is 6.07 Å². The number of hydrogen-bond acceptors (Lipinski definition) is 4. The lowest BCUT2D eigenvalue weighted by Gasteiger charge is -2.01. The zero-order valence-corrected chi connectivity index (χ0v) is 7.77. The number of hydrogen-bond donors (Lipinski definition) is 2. The molecule has 0 atom stereocenters. The van der Waals surface area contributed by atoms with Crippen molar-refractivity contribution in [2.75, 3.05) is 5.73 Å². The number of nitrogens with two attached hydrogens (primary N) is 1. The van der Waals surface area contributed by atoms with Crippen LogP contribution in [0.5, 0.6) is 0 Å². The van der Waals surface area contributed by atoms with Crippen molar-refractivity contribution < 1.29 is 14.0 Å². The molecule has 78 valence electrons. The third-order valence-electron chi connectivity index (χ3n) is 2.04. The minimum absolute atomic E-state index is 0.194. The normalized spacial score (nSPS) is 10.5. The van der Waals surface area contributed by atoms with Gasteiger partial charge in [0.1, 0.15) is 11.5 Å². The molecule has 5 heteroatoms. The summed E-state index contributed by atoms with van der Waals surface area (Å²) in [5.74, 6) is -0.252. The second-order valence-corrected chi connectivity index (χ2v) is 3.08. The van der Waals surface area contributed by atoms with Gasteiger partial charge in [0, 0.05) is 17.2 Å². The second-order valence-electron chi connectivity index (χ2n) is 3.08. The molecule has 1 heterocycles. The van der Waals surface area contributed by atoms with Crippen molar-refractivity contribution >= 4 is 5.88 Å². The average molecular weight is 208 g/mol. The molecule has 0 aliphatic carbocycles. The Morgan fingerprint density at radius 3 is 2.80 bits per heavy atom. The summed E-state index contributed by atoms with van der Waals surface area (Å²) in [6, 6.07) is 5.86. The number of aliphatic hydroxyl groups is 1.